The van der Waals surface area contributed by atoms with Gasteiger partial charge in [0.2, 0.25) is 0 Å². The number of benzene rings is 20. The first-order chi connectivity index (χ1) is 70.8. The molecule has 0 atom stereocenters. The van der Waals surface area contributed by atoms with Crippen LogP contribution in [0.15, 0.2) is 441 Å². The zero-order valence-corrected chi connectivity index (χ0v) is 89.7. The summed E-state index contributed by atoms with van der Waals surface area (Å²) in [6, 6.07) is 163. The Morgan fingerprint density at radius 1 is 0.192 bits per heavy atom. The summed E-state index contributed by atoms with van der Waals surface area (Å²) in [5.41, 5.74) is 38.5. The molecule has 0 radical (unpaired) electrons. The lowest BCUT2D eigenvalue weighted by Crippen LogP contribution is -2.49. The maximum Gasteiger partial charge on any atom is 0.494 e. The van der Waals surface area contributed by atoms with Crippen LogP contribution < -0.4 is 47.0 Å². The molecule has 0 amide bonds. The molecule has 24 aromatic rings. The third-order valence-corrected chi connectivity index (χ3v) is 48.3. The molecule has 0 spiro atoms. The second-order valence-corrected chi connectivity index (χ2v) is 62.1. The standard InChI is InChI=1S/C64H48N2Si2.C38H36BNO2Si.C32H24BrNSi/c1-67(2)61-21-13-11-19-49(61)51-29-23-45(39-63(51)67)43-27-33-59-55(37-43)53-35-41(25-31-57(53)65(59)47-15-7-5-8-16-47)42-26-32-58-54(36-42)56-38-44(28-34-60(56)66(58)48-17-9-6-10-18-48)46-24-30-52-50-20-12-14-22-62(50)68(3,4)64(52)40-46;1-37(2)38(3,4)42-39(41-37)27-18-21-34-32(24-27)31-22-25(17-20-33(31)40(34)28-12-8-7-9-13-28)26-16-19-30-29-14-10-11-15-35(29)43(5,6)36(30)23-26;1-35(2)31-11-7-6-10-25(31)26-15-12-22(19-32(26)35)21-13-16-29-27(18-21)28-20-23(33)14-17-30(28)34(29)24-8-4-3-5-9-24/h5-40H,1-4H3;7-24H,1-6H3;3-20H,1-2H3. The SMILES string of the molecule is CC1(C)OB(c2ccc3c(c2)c2cc(-c4ccc5c(c4)[Si](C)(C)c4ccccc4-5)ccc2n3-c2ccccc2)OC1(C)C.C[Si]1(C)c2ccccc2-c2ccc(-c3ccc4c(c3)c3cc(-c5ccc6c(c5)c5cc(-c7ccc8c(c7)[Si](C)(C)c7ccccc7-8)ccc5n6-c5ccccc5)ccc3n4-c3ccccc3)cc21.C[Si]1(C)c2ccccc2-c2ccc(-c3ccc4c(c3)c3cc(Br)ccc3n4-c3ccccc3)cc21. The summed E-state index contributed by atoms with van der Waals surface area (Å²) >= 11 is 3.70. The van der Waals surface area contributed by atoms with Crippen LogP contribution in [0.5, 0.6) is 0 Å². The molecule has 146 heavy (non-hydrogen) atoms. The van der Waals surface area contributed by atoms with E-state index in [-0.39, 0.29) is 11.2 Å². The van der Waals surface area contributed by atoms with Crippen molar-refractivity contribution in [2.75, 3.05) is 0 Å². The lowest BCUT2D eigenvalue weighted by atomic mass is 9.78. The number of para-hydroxylation sites is 4. The molecule has 0 unspecified atom stereocenters. The highest BCUT2D eigenvalue weighted by Crippen LogP contribution is 2.47. The minimum Gasteiger partial charge on any atom is -0.399 e. The first-order valence-electron chi connectivity index (χ1n) is 51.3. The summed E-state index contributed by atoms with van der Waals surface area (Å²) < 4.78 is 23.6. The molecule has 20 aromatic carbocycles. The number of fused-ring (bicyclic) bond motifs is 24. The summed E-state index contributed by atoms with van der Waals surface area (Å²) in [4.78, 5) is 0. The summed E-state index contributed by atoms with van der Waals surface area (Å²) in [6.07, 6.45) is 0. The number of aromatic nitrogens is 4. The molecule has 0 saturated carbocycles. The van der Waals surface area contributed by atoms with Crippen LogP contribution in [0.25, 0.3) is 210 Å². The monoisotopic (exact) mass is 2010 g/mol. The van der Waals surface area contributed by atoms with Crippen LogP contribution in [0, 0.1) is 0 Å². The molecule has 6 nitrogen and oxygen atoms in total. The van der Waals surface area contributed by atoms with E-state index in [1.165, 1.54) is 220 Å². The fourth-order valence-corrected chi connectivity index (χ4v) is 38.0. The van der Waals surface area contributed by atoms with E-state index < -0.39 is 39.4 Å². The summed E-state index contributed by atoms with van der Waals surface area (Å²) in [7, 11) is -7.52. The van der Waals surface area contributed by atoms with Crippen molar-refractivity contribution in [1.29, 1.82) is 0 Å². The summed E-state index contributed by atoms with van der Waals surface area (Å²) in [5.74, 6) is 0. The maximum atomic E-state index is 6.46. The van der Waals surface area contributed by atoms with Crippen molar-refractivity contribution in [2.24, 2.45) is 0 Å². The van der Waals surface area contributed by atoms with Gasteiger partial charge in [0.05, 0.1) is 55.3 Å². The second-order valence-electron chi connectivity index (χ2n) is 43.8. The van der Waals surface area contributed by atoms with Gasteiger partial charge in [0.25, 0.3) is 0 Å². The highest BCUT2D eigenvalue weighted by Gasteiger charge is 2.52. The minimum atomic E-state index is -1.83. The van der Waals surface area contributed by atoms with Gasteiger partial charge < -0.3 is 27.6 Å². The van der Waals surface area contributed by atoms with Crippen LogP contribution in [-0.4, -0.2) is 68.9 Å². The van der Waals surface area contributed by atoms with Gasteiger partial charge in [-0.1, -0.05) is 359 Å². The molecule has 0 bridgehead atoms. The third kappa shape index (κ3) is 14.0. The van der Waals surface area contributed by atoms with Crippen molar-refractivity contribution < 1.29 is 9.31 Å². The van der Waals surface area contributed by atoms with Crippen LogP contribution in [0.3, 0.4) is 0 Å². The Hall–Kier alpha value is -15.1. The number of halogens is 1. The average Bonchev–Trinajstić information content (AvgIpc) is 1.58. The van der Waals surface area contributed by atoms with Crippen molar-refractivity contribution in [3.8, 4) is 123 Å². The van der Waals surface area contributed by atoms with E-state index in [0.29, 0.717) is 0 Å². The topological polar surface area (TPSA) is 38.2 Å². The zero-order valence-electron chi connectivity index (χ0n) is 84.1. The Morgan fingerprint density at radius 2 is 0.384 bits per heavy atom. The van der Waals surface area contributed by atoms with Gasteiger partial charge in [-0.25, -0.2) is 0 Å². The van der Waals surface area contributed by atoms with Crippen molar-refractivity contribution in [2.45, 2.75) is 91.3 Å². The molecule has 5 aliphatic heterocycles. The number of hydrogen-bond acceptors (Lipinski definition) is 2. The van der Waals surface area contributed by atoms with Crippen molar-refractivity contribution in [1.82, 2.24) is 18.3 Å². The van der Waals surface area contributed by atoms with Gasteiger partial charge in [0.1, 0.15) is 32.3 Å². The van der Waals surface area contributed by atoms with Gasteiger partial charge in [-0.2, -0.15) is 0 Å². The van der Waals surface area contributed by atoms with E-state index in [9.17, 15) is 0 Å². The first kappa shape index (κ1) is 89.8. The molecule has 12 heteroatoms. The largest absolute Gasteiger partial charge is 0.494 e. The highest BCUT2D eigenvalue weighted by atomic mass is 79.9. The Labute approximate surface area is 865 Å². The quantitative estimate of drug-likeness (QED) is 0.128. The zero-order chi connectivity index (χ0) is 98.9. The Balaban J connectivity index is 0.000000116. The molecule has 0 aliphatic carbocycles. The van der Waals surface area contributed by atoms with Gasteiger partial charge >= 0.3 is 7.12 Å². The van der Waals surface area contributed by atoms with Crippen molar-refractivity contribution >= 4 is 190 Å². The average molecular weight is 2010 g/mol. The van der Waals surface area contributed by atoms with Gasteiger partial charge in [0, 0.05) is 70.3 Å². The van der Waals surface area contributed by atoms with E-state index in [2.05, 4.69) is 551 Å². The molecular weight excluding hydrogens is 1900 g/mol. The predicted molar refractivity (Wildman–Crippen MR) is 636 cm³/mol. The molecule has 1 saturated heterocycles. The van der Waals surface area contributed by atoms with E-state index in [1.807, 2.05) is 0 Å². The van der Waals surface area contributed by atoms with Gasteiger partial charge in [-0.05, 0) is 320 Å². The van der Waals surface area contributed by atoms with Crippen molar-refractivity contribution in [3.05, 3.63) is 441 Å². The van der Waals surface area contributed by atoms with Gasteiger partial charge in [0.15, 0.2) is 0 Å². The van der Waals surface area contributed by atoms with Crippen LogP contribution in [0.2, 0.25) is 52.4 Å². The third-order valence-electron chi connectivity index (χ3n) is 33.6. The second kappa shape index (κ2) is 33.5. The Morgan fingerprint density at radius 3 is 0.637 bits per heavy atom. The highest BCUT2D eigenvalue weighted by molar-refractivity contribution is 9.10. The van der Waals surface area contributed by atoms with Gasteiger partial charge in [-0.15, -0.1) is 0 Å². The van der Waals surface area contributed by atoms with E-state index in [4.69, 9.17) is 9.31 Å². The van der Waals surface area contributed by atoms with Gasteiger partial charge in [-0.3, -0.25) is 0 Å². The van der Waals surface area contributed by atoms with E-state index in [1.54, 1.807) is 25.9 Å². The Kier molecular flexibility index (Phi) is 20.6. The summed E-state index contributed by atoms with van der Waals surface area (Å²) in [6.45, 7) is 28.4. The van der Waals surface area contributed by atoms with E-state index in [0.717, 1.165) is 15.6 Å². The first-order valence-corrected chi connectivity index (χ1v) is 64.1. The van der Waals surface area contributed by atoms with Crippen LogP contribution in [-0.2, 0) is 9.31 Å². The summed E-state index contributed by atoms with van der Waals surface area (Å²) in [5, 5.41) is 22.3. The normalized spacial score (nSPS) is 15.1. The number of hydrogen-bond donors (Lipinski definition) is 0. The minimum absolute atomic E-state index is 0.387. The van der Waals surface area contributed by atoms with Crippen molar-refractivity contribution in [3.63, 3.8) is 0 Å². The molecule has 29 rings (SSSR count). The number of nitrogens with zero attached hydrogens (tertiary/aromatic N) is 4. The van der Waals surface area contributed by atoms with Crippen LogP contribution in [0.4, 0.5) is 0 Å². The molecule has 1 fully saturated rings. The molecule has 4 aromatic heterocycles. The molecule has 702 valence electrons. The molecule has 9 heterocycles. The maximum absolute atomic E-state index is 6.46. The van der Waals surface area contributed by atoms with Crippen LogP contribution >= 0.6 is 15.9 Å². The van der Waals surface area contributed by atoms with E-state index >= 15 is 0 Å². The molecule has 0 N–H and O–H groups in total. The lowest BCUT2D eigenvalue weighted by Gasteiger charge is -2.32. The predicted octanol–water partition coefficient (Wildman–Crippen LogP) is 30.1. The number of rotatable bonds is 10. The lowest BCUT2D eigenvalue weighted by molar-refractivity contribution is 0.00578. The molecular formula is C134H108BBrN4O2Si4. The fourth-order valence-electron chi connectivity index (χ4n) is 25.2. The molecule has 5 aliphatic rings. The smallest absolute Gasteiger partial charge is 0.399 e. The van der Waals surface area contributed by atoms with Crippen LogP contribution in [0.1, 0.15) is 27.7 Å². The fraction of sp³-hybridized carbons (Fsp3) is 0.104. The Bertz CT molecular complexity index is 9320.